The summed E-state index contributed by atoms with van der Waals surface area (Å²) in [7, 11) is 0. The molecule has 6 nitrogen and oxygen atoms in total. The summed E-state index contributed by atoms with van der Waals surface area (Å²) in [4.78, 5) is 12.1. The van der Waals surface area contributed by atoms with Crippen LogP contribution in [0.25, 0.3) is 11.3 Å². The molecule has 1 fully saturated rings. The van der Waals surface area contributed by atoms with E-state index in [4.69, 9.17) is 11.6 Å². The molecule has 0 bridgehead atoms. The highest BCUT2D eigenvalue weighted by atomic mass is 35.5. The fourth-order valence-corrected chi connectivity index (χ4v) is 2.72. The van der Waals surface area contributed by atoms with Gasteiger partial charge in [-0.25, -0.2) is 0 Å². The first-order valence-electron chi connectivity index (χ1n) is 7.12. The van der Waals surface area contributed by atoms with Gasteiger partial charge in [0, 0.05) is 31.1 Å². The molecule has 0 radical (unpaired) electrons. The van der Waals surface area contributed by atoms with Crippen molar-refractivity contribution in [1.82, 2.24) is 20.8 Å². The van der Waals surface area contributed by atoms with Crippen LogP contribution in [-0.4, -0.2) is 46.9 Å². The zero-order chi connectivity index (χ0) is 15.5. The van der Waals surface area contributed by atoms with Gasteiger partial charge in [-0.2, -0.15) is 5.10 Å². The smallest absolute Gasteiger partial charge is 0.269 e. The maximum absolute atomic E-state index is 12.1. The molecular formula is C15H18Cl2N4O2. The highest BCUT2D eigenvalue weighted by Gasteiger charge is 2.25. The lowest BCUT2D eigenvalue weighted by Crippen LogP contribution is -2.34. The summed E-state index contributed by atoms with van der Waals surface area (Å²) >= 11 is 6.12. The van der Waals surface area contributed by atoms with Crippen molar-refractivity contribution in [2.45, 2.75) is 6.10 Å². The molecule has 2 heterocycles. The first kappa shape index (κ1) is 17.7. The largest absolute Gasteiger partial charge is 0.391 e. The van der Waals surface area contributed by atoms with E-state index in [-0.39, 0.29) is 24.2 Å². The Morgan fingerprint density at radius 2 is 2.17 bits per heavy atom. The van der Waals surface area contributed by atoms with Gasteiger partial charge in [-0.05, 0) is 12.1 Å². The van der Waals surface area contributed by atoms with Crippen molar-refractivity contribution in [3.8, 4) is 11.3 Å². The lowest BCUT2D eigenvalue weighted by atomic mass is 10.1. The Morgan fingerprint density at radius 1 is 1.39 bits per heavy atom. The average molecular weight is 357 g/mol. The van der Waals surface area contributed by atoms with Crippen LogP contribution in [0.5, 0.6) is 0 Å². The number of halogens is 2. The van der Waals surface area contributed by atoms with E-state index in [9.17, 15) is 9.90 Å². The minimum Gasteiger partial charge on any atom is -0.391 e. The molecule has 1 aliphatic heterocycles. The number of rotatable bonds is 4. The Kier molecular flexibility index (Phi) is 6.01. The van der Waals surface area contributed by atoms with E-state index in [1.165, 1.54) is 0 Å². The number of nitrogens with zero attached hydrogens (tertiary/aromatic N) is 1. The predicted molar refractivity (Wildman–Crippen MR) is 91.0 cm³/mol. The van der Waals surface area contributed by atoms with Gasteiger partial charge < -0.3 is 15.7 Å². The van der Waals surface area contributed by atoms with E-state index < -0.39 is 6.10 Å². The molecule has 2 unspecified atom stereocenters. The Balaban J connectivity index is 0.00000192. The molecule has 1 aliphatic rings. The first-order valence-corrected chi connectivity index (χ1v) is 7.50. The zero-order valence-electron chi connectivity index (χ0n) is 12.3. The monoisotopic (exact) mass is 356 g/mol. The van der Waals surface area contributed by atoms with Crippen molar-refractivity contribution in [2.24, 2.45) is 5.92 Å². The van der Waals surface area contributed by atoms with Crippen LogP contribution in [0.4, 0.5) is 0 Å². The summed E-state index contributed by atoms with van der Waals surface area (Å²) in [6, 6.07) is 9.00. The summed E-state index contributed by atoms with van der Waals surface area (Å²) < 4.78 is 0. The van der Waals surface area contributed by atoms with Gasteiger partial charge in [0.1, 0.15) is 5.69 Å². The van der Waals surface area contributed by atoms with Gasteiger partial charge in [0.15, 0.2) is 0 Å². The predicted octanol–water partition coefficient (Wildman–Crippen LogP) is 1.46. The minimum absolute atomic E-state index is 0. The summed E-state index contributed by atoms with van der Waals surface area (Å²) in [5.41, 5.74) is 1.77. The fourth-order valence-electron chi connectivity index (χ4n) is 2.49. The second-order valence-corrected chi connectivity index (χ2v) is 5.75. The Labute approximate surface area is 145 Å². The molecule has 124 valence electrons. The van der Waals surface area contributed by atoms with Crippen molar-refractivity contribution in [1.29, 1.82) is 0 Å². The van der Waals surface area contributed by atoms with E-state index in [0.717, 1.165) is 5.56 Å². The van der Waals surface area contributed by atoms with E-state index in [0.29, 0.717) is 36.0 Å². The van der Waals surface area contributed by atoms with Crippen LogP contribution in [0, 0.1) is 5.92 Å². The molecule has 2 atom stereocenters. The lowest BCUT2D eigenvalue weighted by molar-refractivity contribution is 0.0922. The maximum atomic E-state index is 12.1. The molecule has 1 aromatic carbocycles. The number of nitrogens with one attached hydrogen (secondary N) is 3. The van der Waals surface area contributed by atoms with E-state index >= 15 is 0 Å². The summed E-state index contributed by atoms with van der Waals surface area (Å²) in [5.74, 6) is -0.209. The SMILES string of the molecule is Cl.O=C(NCC1CNCC1O)c1cc(-c2ccccc2Cl)n[nH]1. The number of hydrogen-bond donors (Lipinski definition) is 4. The number of hydrogen-bond acceptors (Lipinski definition) is 4. The number of β-amino-alcohol motifs (C(OH)–C–C–N with tert-alkyl or cyclic N) is 1. The van der Waals surface area contributed by atoms with Crippen molar-refractivity contribution in [3.05, 3.63) is 41.0 Å². The molecule has 0 saturated carbocycles. The topological polar surface area (TPSA) is 90.0 Å². The van der Waals surface area contributed by atoms with Gasteiger partial charge in [-0.3, -0.25) is 9.89 Å². The molecule has 1 aromatic heterocycles. The molecule has 8 heteroatoms. The third kappa shape index (κ3) is 4.03. The highest BCUT2D eigenvalue weighted by molar-refractivity contribution is 6.33. The van der Waals surface area contributed by atoms with Gasteiger partial charge in [-0.15, -0.1) is 12.4 Å². The summed E-state index contributed by atoms with van der Waals surface area (Å²) in [6.45, 7) is 1.70. The molecule has 0 spiro atoms. The number of carbonyl (C=O) groups excluding carboxylic acids is 1. The molecule has 23 heavy (non-hydrogen) atoms. The van der Waals surface area contributed by atoms with Gasteiger partial charge in [0.25, 0.3) is 5.91 Å². The third-order valence-corrected chi connectivity index (χ3v) is 4.13. The molecule has 1 amide bonds. The average Bonchev–Trinajstić information content (AvgIpc) is 3.14. The van der Waals surface area contributed by atoms with Crippen LogP contribution in [-0.2, 0) is 0 Å². The van der Waals surface area contributed by atoms with Crippen molar-refractivity contribution < 1.29 is 9.90 Å². The van der Waals surface area contributed by atoms with Crippen LogP contribution in [0.15, 0.2) is 30.3 Å². The highest BCUT2D eigenvalue weighted by Crippen LogP contribution is 2.26. The second kappa shape index (κ2) is 7.79. The third-order valence-electron chi connectivity index (χ3n) is 3.80. The zero-order valence-corrected chi connectivity index (χ0v) is 13.8. The summed E-state index contributed by atoms with van der Waals surface area (Å²) in [6.07, 6.45) is -0.416. The Morgan fingerprint density at radius 3 is 2.87 bits per heavy atom. The number of benzene rings is 1. The van der Waals surface area contributed by atoms with E-state index in [2.05, 4.69) is 20.8 Å². The number of aliphatic hydroxyl groups is 1. The number of carbonyl (C=O) groups is 1. The summed E-state index contributed by atoms with van der Waals surface area (Å²) in [5, 5.41) is 23.0. The number of amides is 1. The van der Waals surface area contributed by atoms with Gasteiger partial charge in [0.2, 0.25) is 0 Å². The molecule has 0 aliphatic carbocycles. The fraction of sp³-hybridized carbons (Fsp3) is 0.333. The Bertz CT molecular complexity index is 677. The quantitative estimate of drug-likeness (QED) is 0.667. The van der Waals surface area contributed by atoms with Gasteiger partial charge in [-0.1, -0.05) is 29.8 Å². The van der Waals surface area contributed by atoms with Crippen molar-refractivity contribution in [2.75, 3.05) is 19.6 Å². The second-order valence-electron chi connectivity index (χ2n) is 5.34. The molecule has 2 aromatic rings. The standard InChI is InChI=1S/C15H17ClN4O2.ClH/c16-11-4-2-1-3-10(11)12-5-13(20-19-12)15(22)18-7-9-6-17-8-14(9)21;/h1-5,9,14,17,21H,6-8H2,(H,18,22)(H,19,20);1H. The van der Waals surface area contributed by atoms with Crippen LogP contribution >= 0.6 is 24.0 Å². The number of H-pyrrole nitrogens is 1. The van der Waals surface area contributed by atoms with E-state index in [1.54, 1.807) is 12.1 Å². The molecule has 4 N–H and O–H groups in total. The maximum Gasteiger partial charge on any atom is 0.269 e. The van der Waals surface area contributed by atoms with Gasteiger partial charge in [0.05, 0.1) is 16.8 Å². The van der Waals surface area contributed by atoms with Crippen molar-refractivity contribution >= 4 is 29.9 Å². The first-order chi connectivity index (χ1) is 10.6. The number of aromatic amines is 1. The van der Waals surface area contributed by atoms with Crippen molar-refractivity contribution in [3.63, 3.8) is 0 Å². The van der Waals surface area contributed by atoms with Crippen LogP contribution < -0.4 is 10.6 Å². The minimum atomic E-state index is -0.416. The lowest BCUT2D eigenvalue weighted by Gasteiger charge is -2.13. The number of aromatic nitrogens is 2. The van der Waals surface area contributed by atoms with Crippen LogP contribution in [0.2, 0.25) is 5.02 Å². The van der Waals surface area contributed by atoms with Crippen LogP contribution in [0.1, 0.15) is 10.5 Å². The van der Waals surface area contributed by atoms with Gasteiger partial charge >= 0.3 is 0 Å². The normalized spacial score (nSPS) is 20.1. The number of aliphatic hydroxyl groups excluding tert-OH is 1. The Hall–Kier alpha value is -1.60. The molecule has 3 rings (SSSR count). The molecular weight excluding hydrogens is 339 g/mol. The van der Waals surface area contributed by atoms with Crippen LogP contribution in [0.3, 0.4) is 0 Å². The van der Waals surface area contributed by atoms with E-state index in [1.807, 2.05) is 18.2 Å². The molecule has 1 saturated heterocycles.